The summed E-state index contributed by atoms with van der Waals surface area (Å²) in [6.45, 7) is 0. The van der Waals surface area contributed by atoms with E-state index in [1.807, 2.05) is 71.6 Å². The van der Waals surface area contributed by atoms with E-state index in [0.29, 0.717) is 17.8 Å². The van der Waals surface area contributed by atoms with Crippen LogP contribution in [-0.2, 0) is 14.8 Å². The summed E-state index contributed by atoms with van der Waals surface area (Å²) in [6.07, 6.45) is 2.16. The average molecular weight is 431 g/mol. The summed E-state index contributed by atoms with van der Waals surface area (Å²) in [7, 11) is -3.80. The summed E-state index contributed by atoms with van der Waals surface area (Å²) >= 11 is 0. The Morgan fingerprint density at radius 2 is 1.52 bits per heavy atom. The van der Waals surface area contributed by atoms with Crippen molar-refractivity contribution >= 4 is 27.3 Å². The second-order valence-corrected chi connectivity index (χ2v) is 9.48. The first kappa shape index (κ1) is 19.7. The molecular weight excluding hydrogens is 408 g/mol. The second kappa shape index (κ2) is 7.78. The van der Waals surface area contributed by atoms with Gasteiger partial charge in [-0.15, -0.1) is 4.40 Å². The fraction of sp³-hybridized carbons (Fsp3) is 0.200. The van der Waals surface area contributed by atoms with Crippen LogP contribution in [0.15, 0.2) is 94.2 Å². The maximum Gasteiger partial charge on any atom is 0.285 e. The predicted molar refractivity (Wildman–Crippen MR) is 121 cm³/mol. The van der Waals surface area contributed by atoms with E-state index in [-0.39, 0.29) is 22.6 Å². The Kier molecular flexibility index (Phi) is 4.94. The lowest BCUT2D eigenvalue weighted by molar-refractivity contribution is -0.121. The molecule has 0 spiro atoms. The molecule has 0 amide bonds. The summed E-state index contributed by atoms with van der Waals surface area (Å²) < 4.78 is 29.9. The average Bonchev–Trinajstić information content (AvgIpc) is 3.33. The van der Waals surface area contributed by atoms with Gasteiger partial charge >= 0.3 is 0 Å². The zero-order chi connectivity index (χ0) is 21.4. The highest BCUT2D eigenvalue weighted by molar-refractivity contribution is 7.90. The number of rotatable bonds is 4. The number of fused-ring (bicyclic) bond motifs is 1. The monoisotopic (exact) mass is 430 g/mol. The number of nitrogens with zero attached hydrogens (tertiary/aromatic N) is 2. The van der Waals surface area contributed by atoms with E-state index >= 15 is 0 Å². The molecule has 0 bridgehead atoms. The van der Waals surface area contributed by atoms with Gasteiger partial charge < -0.3 is 4.90 Å². The first-order valence-corrected chi connectivity index (χ1v) is 11.9. The Morgan fingerprint density at radius 3 is 2.19 bits per heavy atom. The van der Waals surface area contributed by atoms with Crippen molar-refractivity contribution in [3.8, 4) is 0 Å². The predicted octanol–water partition coefficient (Wildman–Crippen LogP) is 4.75. The molecule has 0 radical (unpaired) electrons. The molecule has 3 aromatic rings. The molecule has 1 aliphatic heterocycles. The summed E-state index contributed by atoms with van der Waals surface area (Å²) in [5.74, 6) is 0.348. The van der Waals surface area contributed by atoms with Gasteiger partial charge in [-0.2, -0.15) is 8.42 Å². The smallest absolute Gasteiger partial charge is 0.285 e. The summed E-state index contributed by atoms with van der Waals surface area (Å²) in [5, 5.41) is 0. The van der Waals surface area contributed by atoms with E-state index in [9.17, 15) is 13.2 Å². The van der Waals surface area contributed by atoms with Crippen molar-refractivity contribution in [2.75, 3.05) is 4.90 Å². The van der Waals surface area contributed by atoms with Crippen LogP contribution < -0.4 is 4.90 Å². The van der Waals surface area contributed by atoms with Crippen molar-refractivity contribution in [2.24, 2.45) is 10.3 Å². The van der Waals surface area contributed by atoms with Gasteiger partial charge in [-0.3, -0.25) is 4.79 Å². The number of ketones is 1. The molecule has 0 N–H and O–H groups in total. The largest absolute Gasteiger partial charge is 0.317 e. The second-order valence-electron chi connectivity index (χ2n) is 7.91. The normalized spacial score (nSPS) is 20.2. The number of anilines is 1. The van der Waals surface area contributed by atoms with Crippen LogP contribution in [-0.4, -0.2) is 20.0 Å². The van der Waals surface area contributed by atoms with Crippen LogP contribution in [0.4, 0.5) is 5.69 Å². The molecule has 1 fully saturated rings. The molecule has 156 valence electrons. The minimum absolute atomic E-state index is 0.204. The van der Waals surface area contributed by atoms with Gasteiger partial charge in [0.1, 0.15) is 10.7 Å². The Bertz CT molecular complexity index is 1250. The number of benzene rings is 3. The number of carbonyl (C=O) groups excluding carboxylic acids is 1. The van der Waals surface area contributed by atoms with Crippen molar-refractivity contribution in [3.63, 3.8) is 0 Å². The molecule has 31 heavy (non-hydrogen) atoms. The molecule has 6 heteroatoms. The number of para-hydroxylation sites is 1. The molecule has 0 saturated heterocycles. The van der Waals surface area contributed by atoms with Gasteiger partial charge in [-0.05, 0) is 42.7 Å². The fourth-order valence-corrected chi connectivity index (χ4v) is 5.85. The first-order chi connectivity index (χ1) is 15.1. The lowest BCUT2D eigenvalue weighted by atomic mass is 9.88. The van der Waals surface area contributed by atoms with Gasteiger partial charge in [0.25, 0.3) is 10.0 Å². The zero-order valence-corrected chi connectivity index (χ0v) is 17.7. The quantitative estimate of drug-likeness (QED) is 0.599. The van der Waals surface area contributed by atoms with E-state index in [2.05, 4.69) is 4.40 Å². The third kappa shape index (κ3) is 3.47. The molecule has 1 aliphatic carbocycles. The zero-order valence-electron chi connectivity index (χ0n) is 16.9. The highest BCUT2D eigenvalue weighted by atomic mass is 32.2. The van der Waals surface area contributed by atoms with E-state index in [4.69, 9.17) is 0 Å². The van der Waals surface area contributed by atoms with Crippen molar-refractivity contribution in [1.82, 2.24) is 0 Å². The van der Waals surface area contributed by atoms with Gasteiger partial charge in [-0.25, -0.2) is 0 Å². The molecule has 2 atom stereocenters. The Balaban J connectivity index is 1.76. The SMILES string of the molecule is O=C1CCC[C@@H]1[C@@H](c1ccccc1)N(C1=NS(=O)(=O)c2ccccc21)c1ccccc1. The minimum Gasteiger partial charge on any atom is -0.317 e. The van der Waals surface area contributed by atoms with Crippen molar-refractivity contribution in [3.05, 3.63) is 96.1 Å². The fourth-order valence-electron chi connectivity index (χ4n) is 4.65. The minimum atomic E-state index is -3.80. The van der Waals surface area contributed by atoms with Crippen molar-refractivity contribution in [1.29, 1.82) is 0 Å². The molecule has 3 aromatic carbocycles. The first-order valence-electron chi connectivity index (χ1n) is 10.4. The molecule has 5 rings (SSSR count). The summed E-state index contributed by atoms with van der Waals surface area (Å²) in [6, 6.07) is 26.0. The van der Waals surface area contributed by atoms with E-state index in [0.717, 1.165) is 24.1 Å². The molecular formula is C25H22N2O3S. The van der Waals surface area contributed by atoms with Crippen LogP contribution in [0.2, 0.25) is 0 Å². The van der Waals surface area contributed by atoms with Gasteiger partial charge in [0.15, 0.2) is 5.84 Å². The number of carbonyl (C=O) groups is 1. The third-order valence-electron chi connectivity index (χ3n) is 6.03. The maximum absolute atomic E-state index is 12.9. The Hall–Kier alpha value is -3.25. The van der Waals surface area contributed by atoms with Gasteiger partial charge in [0, 0.05) is 23.6 Å². The number of Topliss-reactive ketones (excluding diaryl/α,β-unsaturated/α-hetero) is 1. The number of amidine groups is 1. The summed E-state index contributed by atoms with van der Waals surface area (Å²) in [4.78, 5) is 15.1. The van der Waals surface area contributed by atoms with Gasteiger partial charge in [0.2, 0.25) is 0 Å². The molecule has 0 aromatic heterocycles. The highest BCUT2D eigenvalue weighted by Gasteiger charge is 2.42. The third-order valence-corrected chi connectivity index (χ3v) is 7.35. The standard InChI is InChI=1S/C25H22N2O3S/c28-22-16-9-15-20(22)24(18-10-3-1-4-11-18)27(19-12-5-2-6-13-19)25-21-14-7-8-17-23(21)31(29,30)26-25/h1-8,10-14,17,20,24H,9,15-16H2/t20-,24+/m0/s1. The van der Waals surface area contributed by atoms with Gasteiger partial charge in [-0.1, -0.05) is 60.7 Å². The number of hydrogen-bond donors (Lipinski definition) is 0. The van der Waals surface area contributed by atoms with Crippen molar-refractivity contribution < 1.29 is 13.2 Å². The molecule has 1 saturated carbocycles. The number of sulfonamides is 1. The Labute approximate surface area is 182 Å². The van der Waals surface area contributed by atoms with Crippen LogP contribution in [0.3, 0.4) is 0 Å². The van der Waals surface area contributed by atoms with Gasteiger partial charge in [0.05, 0.1) is 6.04 Å². The van der Waals surface area contributed by atoms with E-state index in [1.165, 1.54) is 0 Å². The van der Waals surface area contributed by atoms with Crippen LogP contribution >= 0.6 is 0 Å². The number of hydrogen-bond acceptors (Lipinski definition) is 4. The molecule has 1 heterocycles. The Morgan fingerprint density at radius 1 is 0.871 bits per heavy atom. The van der Waals surface area contributed by atoms with Crippen LogP contribution in [0, 0.1) is 5.92 Å². The highest BCUT2D eigenvalue weighted by Crippen LogP contribution is 2.42. The molecule has 2 aliphatic rings. The lowest BCUT2D eigenvalue weighted by Crippen LogP contribution is -2.40. The van der Waals surface area contributed by atoms with Crippen LogP contribution in [0.1, 0.15) is 36.4 Å². The lowest BCUT2D eigenvalue weighted by Gasteiger charge is -2.37. The topological polar surface area (TPSA) is 66.8 Å². The van der Waals surface area contributed by atoms with E-state index < -0.39 is 10.0 Å². The molecule has 0 unspecified atom stereocenters. The molecule has 5 nitrogen and oxygen atoms in total. The maximum atomic E-state index is 12.9. The van der Waals surface area contributed by atoms with Crippen molar-refractivity contribution in [2.45, 2.75) is 30.2 Å². The van der Waals surface area contributed by atoms with Crippen LogP contribution in [0.25, 0.3) is 0 Å². The van der Waals surface area contributed by atoms with E-state index in [1.54, 1.807) is 18.2 Å². The van der Waals surface area contributed by atoms with Crippen LogP contribution in [0.5, 0.6) is 0 Å². The summed E-state index contributed by atoms with van der Waals surface area (Å²) in [5.41, 5.74) is 2.34.